The highest BCUT2D eigenvalue weighted by Gasteiger charge is 2.43. The number of carbonyl (C=O) groups is 1. The van der Waals surface area contributed by atoms with Crippen molar-refractivity contribution in [2.75, 3.05) is 29.6 Å². The van der Waals surface area contributed by atoms with Gasteiger partial charge in [0.15, 0.2) is 0 Å². The van der Waals surface area contributed by atoms with Crippen LogP contribution < -0.4 is 20.2 Å². The van der Waals surface area contributed by atoms with Gasteiger partial charge in [-0.2, -0.15) is 36.4 Å². The molecule has 2 rings (SSSR count). The standard InChI is InChI=1S/C23H28F3N5O6S.H2S/c1-4-17(2)8-7-9-20-16-21(23(24,25)26)27-30(20)19-12-10-18(11-13-19)29(3)38-37-28-22(32)35-14-5-6-15-36-31(33)34;/h4,7-13,16,21,27H,1,5-6,14-15H2,2-3H3,(H,28,32);1H2/b9-7+,17-8-;. The molecule has 0 bridgehead atoms. The van der Waals surface area contributed by atoms with Crippen molar-refractivity contribution in [2.24, 2.45) is 0 Å². The molecule has 0 saturated carbocycles. The molecule has 1 aromatic rings. The summed E-state index contributed by atoms with van der Waals surface area (Å²) in [6.45, 7) is 5.40. The lowest BCUT2D eigenvalue weighted by Crippen LogP contribution is -2.44. The summed E-state index contributed by atoms with van der Waals surface area (Å²) in [5.41, 5.74) is 6.84. The molecule has 0 aromatic heterocycles. The molecule has 16 heteroatoms. The Morgan fingerprint density at radius 2 is 1.97 bits per heavy atom. The Hall–Kier alpha value is -3.34. The van der Waals surface area contributed by atoms with E-state index < -0.39 is 23.4 Å². The number of unbranched alkanes of at least 4 members (excludes halogenated alkanes) is 1. The number of amides is 1. The number of carbonyl (C=O) groups excluding carboxylic acids is 1. The molecule has 0 fully saturated rings. The molecular weight excluding hydrogens is 563 g/mol. The lowest BCUT2D eigenvalue weighted by Gasteiger charge is -2.24. The van der Waals surface area contributed by atoms with Crippen LogP contribution in [0.15, 0.2) is 72.5 Å². The summed E-state index contributed by atoms with van der Waals surface area (Å²) in [5.74, 6) is 0. The van der Waals surface area contributed by atoms with Gasteiger partial charge in [0.25, 0.3) is 5.09 Å². The molecule has 1 aliphatic heterocycles. The number of halogens is 3. The van der Waals surface area contributed by atoms with Gasteiger partial charge in [0.1, 0.15) is 18.3 Å². The predicted molar refractivity (Wildman–Crippen MR) is 147 cm³/mol. The predicted octanol–water partition coefficient (Wildman–Crippen LogP) is 5.27. The average Bonchev–Trinajstić information content (AvgIpc) is 3.30. The van der Waals surface area contributed by atoms with E-state index in [1.54, 1.807) is 59.9 Å². The minimum atomic E-state index is -4.46. The minimum absolute atomic E-state index is 0. The van der Waals surface area contributed by atoms with Gasteiger partial charge in [-0.3, -0.25) is 9.31 Å². The summed E-state index contributed by atoms with van der Waals surface area (Å²) in [6, 6.07) is 4.77. The molecule has 2 N–H and O–H groups in total. The maximum Gasteiger partial charge on any atom is 0.432 e. The SMILES string of the molecule is C=C/C(C)=C\C=C\C1=CC(C(F)(F)F)NN1c1ccc(N(C)SONC(=O)OCCCCO[N+](=O)[O-])cc1.S. The first kappa shape index (κ1) is 33.7. The van der Waals surface area contributed by atoms with Gasteiger partial charge >= 0.3 is 12.3 Å². The number of hydrogen-bond donors (Lipinski definition) is 2. The molecule has 1 amide bonds. The van der Waals surface area contributed by atoms with Crippen LogP contribution in [0.1, 0.15) is 19.8 Å². The van der Waals surface area contributed by atoms with Crippen LogP contribution in [0.2, 0.25) is 0 Å². The van der Waals surface area contributed by atoms with Gasteiger partial charge in [0, 0.05) is 12.7 Å². The Kier molecular flexibility index (Phi) is 14.3. The van der Waals surface area contributed by atoms with Crippen molar-refractivity contribution < 1.29 is 36.9 Å². The summed E-state index contributed by atoms with van der Waals surface area (Å²) < 4.78 is 51.5. The number of alkyl halides is 3. The Balaban J connectivity index is 0.00000760. The summed E-state index contributed by atoms with van der Waals surface area (Å²) in [7, 11) is 1.65. The molecule has 0 spiro atoms. The number of hydrogen-bond acceptors (Lipinski definition) is 10. The van der Waals surface area contributed by atoms with Crippen LogP contribution in [0.5, 0.6) is 0 Å². The van der Waals surface area contributed by atoms with Crippen LogP contribution in [0.25, 0.3) is 0 Å². The number of benzene rings is 1. The number of rotatable bonds is 14. The first-order valence-electron chi connectivity index (χ1n) is 11.2. The van der Waals surface area contributed by atoms with E-state index in [0.29, 0.717) is 29.9 Å². The van der Waals surface area contributed by atoms with Crippen LogP contribution in [0.4, 0.5) is 29.3 Å². The second-order valence-corrected chi connectivity index (χ2v) is 8.59. The molecule has 0 radical (unpaired) electrons. The van der Waals surface area contributed by atoms with E-state index in [2.05, 4.69) is 22.3 Å². The number of anilines is 2. The van der Waals surface area contributed by atoms with Crippen LogP contribution in [-0.2, 0) is 13.9 Å². The van der Waals surface area contributed by atoms with Gasteiger partial charge < -0.3 is 9.57 Å². The number of allylic oxidation sites excluding steroid dienone is 5. The monoisotopic (exact) mass is 593 g/mol. The van der Waals surface area contributed by atoms with Crippen LogP contribution in [0.3, 0.4) is 0 Å². The van der Waals surface area contributed by atoms with Gasteiger partial charge in [-0.1, -0.05) is 30.4 Å². The number of nitrogens with one attached hydrogen (secondary N) is 2. The van der Waals surface area contributed by atoms with Crippen molar-refractivity contribution in [3.05, 3.63) is 82.6 Å². The Labute approximate surface area is 235 Å². The molecule has 1 unspecified atom stereocenters. The lowest BCUT2D eigenvalue weighted by atomic mass is 10.2. The Morgan fingerprint density at radius 3 is 2.59 bits per heavy atom. The normalized spacial score (nSPS) is 15.4. The largest absolute Gasteiger partial charge is 0.448 e. The zero-order chi connectivity index (χ0) is 28.1. The van der Waals surface area contributed by atoms with E-state index >= 15 is 0 Å². The first-order valence-corrected chi connectivity index (χ1v) is 11.9. The molecule has 1 atom stereocenters. The zero-order valence-electron chi connectivity index (χ0n) is 21.1. The van der Waals surface area contributed by atoms with Crippen molar-refractivity contribution in [2.45, 2.75) is 32.0 Å². The third-order valence-corrected chi connectivity index (χ3v) is 5.47. The van der Waals surface area contributed by atoms with Crippen LogP contribution in [0, 0.1) is 10.1 Å². The quantitative estimate of drug-likeness (QED) is 0.0737. The number of hydrazine groups is 1. The fraction of sp³-hybridized carbons (Fsp3) is 0.348. The van der Waals surface area contributed by atoms with Gasteiger partial charge in [0.2, 0.25) is 0 Å². The van der Waals surface area contributed by atoms with E-state index in [9.17, 15) is 28.1 Å². The van der Waals surface area contributed by atoms with Crippen molar-refractivity contribution in [3.63, 3.8) is 0 Å². The topological polar surface area (TPSA) is 118 Å². The average molecular weight is 594 g/mol. The highest BCUT2D eigenvalue weighted by Crippen LogP contribution is 2.32. The van der Waals surface area contributed by atoms with Gasteiger partial charge in [-0.25, -0.2) is 10.2 Å². The van der Waals surface area contributed by atoms with E-state index in [1.165, 1.54) is 5.01 Å². The second kappa shape index (κ2) is 16.6. The smallest absolute Gasteiger partial charge is 0.432 e. The first-order chi connectivity index (χ1) is 18.0. The highest BCUT2D eigenvalue weighted by atomic mass is 32.2. The molecule has 216 valence electrons. The van der Waals surface area contributed by atoms with E-state index in [0.717, 1.165) is 23.9 Å². The maximum atomic E-state index is 13.3. The summed E-state index contributed by atoms with van der Waals surface area (Å²) in [5, 5.41) is 10.5. The van der Waals surface area contributed by atoms with Crippen molar-refractivity contribution in [1.29, 1.82) is 0 Å². The molecule has 1 aromatic carbocycles. The van der Waals surface area contributed by atoms with Gasteiger partial charge in [0.05, 0.1) is 24.6 Å². The number of hydroxylamine groups is 1. The molecule has 1 heterocycles. The molecule has 0 aliphatic carbocycles. The molecule has 0 saturated heterocycles. The third-order valence-electron chi connectivity index (χ3n) is 4.88. The van der Waals surface area contributed by atoms with Crippen LogP contribution >= 0.6 is 25.7 Å². The van der Waals surface area contributed by atoms with Crippen molar-refractivity contribution in [1.82, 2.24) is 10.9 Å². The molecule has 1 aliphatic rings. The minimum Gasteiger partial charge on any atom is -0.448 e. The number of ether oxygens (including phenoxy) is 1. The van der Waals surface area contributed by atoms with Crippen molar-refractivity contribution >= 4 is 43.2 Å². The van der Waals surface area contributed by atoms with E-state index in [-0.39, 0.29) is 26.7 Å². The molecule has 39 heavy (non-hydrogen) atoms. The van der Waals surface area contributed by atoms with Gasteiger partial charge in [-0.15, -0.1) is 10.1 Å². The fourth-order valence-corrected chi connectivity index (χ4v) is 3.31. The number of nitrogens with zero attached hydrogens (tertiary/aromatic N) is 3. The van der Waals surface area contributed by atoms with Crippen LogP contribution in [-0.4, -0.2) is 43.7 Å². The van der Waals surface area contributed by atoms with E-state index in [1.807, 2.05) is 6.92 Å². The second-order valence-electron chi connectivity index (χ2n) is 7.72. The van der Waals surface area contributed by atoms with E-state index in [4.69, 9.17) is 9.02 Å². The van der Waals surface area contributed by atoms with Crippen molar-refractivity contribution in [3.8, 4) is 0 Å². The third kappa shape index (κ3) is 11.9. The lowest BCUT2D eigenvalue weighted by molar-refractivity contribution is -0.757. The molecular formula is C23H30F3N5O6S2. The van der Waals surface area contributed by atoms with Gasteiger partial charge in [-0.05, 0) is 56.2 Å². The summed E-state index contributed by atoms with van der Waals surface area (Å²) in [4.78, 5) is 25.8. The summed E-state index contributed by atoms with van der Waals surface area (Å²) >= 11 is 0.778. The fourth-order valence-electron chi connectivity index (χ4n) is 2.88. The highest BCUT2D eigenvalue weighted by molar-refractivity contribution is 7.96. The Morgan fingerprint density at radius 1 is 1.31 bits per heavy atom. The zero-order valence-corrected chi connectivity index (χ0v) is 23.0. The maximum absolute atomic E-state index is 13.3. The summed E-state index contributed by atoms with van der Waals surface area (Å²) in [6.07, 6.45) is 3.09. The Bertz CT molecular complexity index is 1050. The molecule has 11 nitrogen and oxygen atoms in total.